The average Bonchev–Trinajstić information content (AvgIpc) is 2.64. The number of nitrogens with one attached hydrogen (secondary N) is 2. The number of halogens is 2. The van der Waals surface area contributed by atoms with Crippen molar-refractivity contribution in [3.05, 3.63) is 70.5 Å². The molecule has 0 bridgehead atoms. The molecule has 132 valence electrons. The third-order valence-corrected chi connectivity index (χ3v) is 4.01. The minimum absolute atomic E-state index is 0.300. The lowest BCUT2D eigenvalue weighted by molar-refractivity contribution is 0.102. The first-order chi connectivity index (χ1) is 12.6. The van der Waals surface area contributed by atoms with E-state index in [1.54, 1.807) is 49.6 Å². The van der Waals surface area contributed by atoms with Gasteiger partial charge >= 0.3 is 0 Å². The Balaban J connectivity index is 1.73. The van der Waals surface area contributed by atoms with Crippen LogP contribution in [0.4, 0.5) is 17.3 Å². The zero-order valence-corrected chi connectivity index (χ0v) is 15.2. The van der Waals surface area contributed by atoms with E-state index in [0.717, 1.165) is 0 Å². The molecule has 0 aliphatic carbocycles. The van der Waals surface area contributed by atoms with Gasteiger partial charge in [-0.15, -0.1) is 0 Å². The molecule has 1 heterocycles. The van der Waals surface area contributed by atoms with Gasteiger partial charge in [0.15, 0.2) is 0 Å². The second kappa shape index (κ2) is 8.03. The second-order valence-electron chi connectivity index (χ2n) is 5.20. The van der Waals surface area contributed by atoms with Crippen molar-refractivity contribution in [1.82, 2.24) is 9.97 Å². The summed E-state index contributed by atoms with van der Waals surface area (Å²) in [6.07, 6.45) is 2.83. The zero-order chi connectivity index (χ0) is 18.5. The maximum Gasteiger partial charge on any atom is 0.258 e. The Morgan fingerprint density at radius 3 is 2.46 bits per heavy atom. The number of para-hydroxylation sites is 1. The maximum atomic E-state index is 12.3. The van der Waals surface area contributed by atoms with Gasteiger partial charge in [-0.1, -0.05) is 35.3 Å². The average molecular weight is 389 g/mol. The minimum atomic E-state index is -0.356. The van der Waals surface area contributed by atoms with Crippen LogP contribution in [0.2, 0.25) is 10.0 Å². The fourth-order valence-corrected chi connectivity index (χ4v) is 2.52. The second-order valence-corrected chi connectivity index (χ2v) is 6.04. The summed E-state index contributed by atoms with van der Waals surface area (Å²) in [6.45, 7) is 0. The highest BCUT2D eigenvalue weighted by atomic mass is 35.5. The predicted molar refractivity (Wildman–Crippen MR) is 103 cm³/mol. The molecule has 0 radical (unpaired) electrons. The Hall–Kier alpha value is -2.83. The third kappa shape index (κ3) is 4.22. The van der Waals surface area contributed by atoms with Crippen LogP contribution in [0.25, 0.3) is 0 Å². The van der Waals surface area contributed by atoms with Crippen molar-refractivity contribution in [2.45, 2.75) is 0 Å². The van der Waals surface area contributed by atoms with E-state index in [9.17, 15) is 4.79 Å². The summed E-state index contributed by atoms with van der Waals surface area (Å²) in [6, 6.07) is 12.1. The van der Waals surface area contributed by atoms with Crippen molar-refractivity contribution >= 4 is 46.4 Å². The van der Waals surface area contributed by atoms with Crippen molar-refractivity contribution in [2.75, 3.05) is 17.7 Å². The molecule has 0 unspecified atom stereocenters. The molecule has 26 heavy (non-hydrogen) atoms. The molecule has 6 nitrogen and oxygen atoms in total. The van der Waals surface area contributed by atoms with Gasteiger partial charge < -0.3 is 15.4 Å². The summed E-state index contributed by atoms with van der Waals surface area (Å²) in [5.41, 5.74) is 1.44. The van der Waals surface area contributed by atoms with Crippen LogP contribution in [-0.4, -0.2) is 23.0 Å². The van der Waals surface area contributed by atoms with Crippen molar-refractivity contribution in [3.63, 3.8) is 0 Å². The van der Waals surface area contributed by atoms with E-state index in [0.29, 0.717) is 38.7 Å². The molecular weight excluding hydrogens is 375 g/mol. The van der Waals surface area contributed by atoms with Crippen molar-refractivity contribution < 1.29 is 9.53 Å². The van der Waals surface area contributed by atoms with E-state index in [2.05, 4.69) is 20.6 Å². The Labute approximate surface area is 160 Å². The molecule has 3 rings (SSSR count). The molecule has 2 N–H and O–H groups in total. The number of hydrogen-bond donors (Lipinski definition) is 2. The predicted octanol–water partition coefficient (Wildman–Crippen LogP) is 4.79. The monoisotopic (exact) mass is 388 g/mol. The van der Waals surface area contributed by atoms with Gasteiger partial charge in [-0.25, -0.2) is 9.97 Å². The van der Waals surface area contributed by atoms with E-state index in [1.807, 2.05) is 0 Å². The lowest BCUT2D eigenvalue weighted by atomic mass is 10.2. The van der Waals surface area contributed by atoms with Crippen LogP contribution in [0.1, 0.15) is 10.4 Å². The summed E-state index contributed by atoms with van der Waals surface area (Å²) in [5.74, 6) is 0.545. The fraction of sp³-hybridized carbons (Fsp3) is 0.0556. The highest BCUT2D eigenvalue weighted by Crippen LogP contribution is 2.29. The Bertz CT molecular complexity index is 933. The number of carbonyl (C=O) groups excluding carboxylic acids is 1. The topological polar surface area (TPSA) is 76.1 Å². The number of anilines is 3. The molecule has 0 atom stereocenters. The van der Waals surface area contributed by atoms with Gasteiger partial charge in [-0.05, 0) is 30.3 Å². The van der Waals surface area contributed by atoms with E-state index in [4.69, 9.17) is 27.9 Å². The summed E-state index contributed by atoms with van der Waals surface area (Å²) >= 11 is 12.0. The SMILES string of the molecule is COc1ccc(Cl)cc1Nc1ncc(C(=O)Nc2ccccc2Cl)cn1. The first kappa shape index (κ1) is 18.0. The molecule has 0 saturated heterocycles. The molecule has 0 aliphatic heterocycles. The highest BCUT2D eigenvalue weighted by molar-refractivity contribution is 6.33. The van der Waals surface area contributed by atoms with E-state index in [-0.39, 0.29) is 5.91 Å². The number of amides is 1. The largest absolute Gasteiger partial charge is 0.495 e. The molecule has 8 heteroatoms. The first-order valence-electron chi connectivity index (χ1n) is 7.55. The maximum absolute atomic E-state index is 12.3. The van der Waals surface area contributed by atoms with E-state index < -0.39 is 0 Å². The quantitative estimate of drug-likeness (QED) is 0.656. The van der Waals surface area contributed by atoms with Crippen LogP contribution < -0.4 is 15.4 Å². The van der Waals surface area contributed by atoms with Crippen LogP contribution in [0.5, 0.6) is 5.75 Å². The molecule has 1 aromatic heterocycles. The first-order valence-corrected chi connectivity index (χ1v) is 8.31. The molecule has 0 spiro atoms. The van der Waals surface area contributed by atoms with E-state index >= 15 is 0 Å². The Morgan fingerprint density at radius 2 is 1.77 bits per heavy atom. The Morgan fingerprint density at radius 1 is 1.04 bits per heavy atom. The van der Waals surface area contributed by atoms with Gasteiger partial charge in [0.1, 0.15) is 5.75 Å². The summed E-state index contributed by atoms with van der Waals surface area (Å²) in [7, 11) is 1.55. The van der Waals surface area contributed by atoms with Gasteiger partial charge in [-0.3, -0.25) is 4.79 Å². The van der Waals surface area contributed by atoms with Gasteiger partial charge in [-0.2, -0.15) is 0 Å². The lowest BCUT2D eigenvalue weighted by Crippen LogP contribution is -2.13. The number of benzene rings is 2. The van der Waals surface area contributed by atoms with Crippen LogP contribution in [0.3, 0.4) is 0 Å². The van der Waals surface area contributed by atoms with Crippen molar-refractivity contribution in [3.8, 4) is 5.75 Å². The van der Waals surface area contributed by atoms with Crippen LogP contribution >= 0.6 is 23.2 Å². The summed E-state index contributed by atoms with van der Waals surface area (Å²) in [5, 5.41) is 6.71. The summed E-state index contributed by atoms with van der Waals surface area (Å²) in [4.78, 5) is 20.6. The van der Waals surface area contributed by atoms with E-state index in [1.165, 1.54) is 12.4 Å². The number of rotatable bonds is 5. The van der Waals surface area contributed by atoms with Gasteiger partial charge in [0.05, 0.1) is 29.1 Å². The smallest absolute Gasteiger partial charge is 0.258 e. The molecule has 0 fully saturated rings. The number of hydrogen-bond acceptors (Lipinski definition) is 5. The molecular formula is C18H14Cl2N4O2. The van der Waals surface area contributed by atoms with Crippen molar-refractivity contribution in [2.24, 2.45) is 0 Å². The number of nitrogens with zero attached hydrogens (tertiary/aromatic N) is 2. The third-order valence-electron chi connectivity index (χ3n) is 3.44. The molecule has 1 amide bonds. The molecule has 2 aromatic carbocycles. The number of methoxy groups -OCH3 is 1. The van der Waals surface area contributed by atoms with Crippen LogP contribution in [-0.2, 0) is 0 Å². The fourth-order valence-electron chi connectivity index (χ4n) is 2.17. The molecule has 3 aromatic rings. The number of aromatic nitrogens is 2. The molecule has 0 aliphatic rings. The summed E-state index contributed by atoms with van der Waals surface area (Å²) < 4.78 is 5.26. The lowest BCUT2D eigenvalue weighted by Gasteiger charge is -2.10. The number of carbonyl (C=O) groups is 1. The van der Waals surface area contributed by atoms with Crippen molar-refractivity contribution in [1.29, 1.82) is 0 Å². The number of ether oxygens (including phenoxy) is 1. The Kier molecular flexibility index (Phi) is 5.55. The van der Waals surface area contributed by atoms with Gasteiger partial charge in [0.25, 0.3) is 5.91 Å². The highest BCUT2D eigenvalue weighted by Gasteiger charge is 2.11. The van der Waals surface area contributed by atoms with Gasteiger partial charge in [0.2, 0.25) is 5.95 Å². The van der Waals surface area contributed by atoms with Gasteiger partial charge in [0, 0.05) is 17.4 Å². The van der Waals surface area contributed by atoms with Crippen LogP contribution in [0.15, 0.2) is 54.9 Å². The molecule has 0 saturated carbocycles. The minimum Gasteiger partial charge on any atom is -0.495 e. The van der Waals surface area contributed by atoms with Crippen LogP contribution in [0, 0.1) is 0 Å². The standard InChI is InChI=1S/C18H14Cl2N4O2/c1-26-16-7-6-12(19)8-15(16)24-18-21-9-11(10-22-18)17(25)23-14-5-3-2-4-13(14)20/h2-10H,1H3,(H,23,25)(H,21,22,24). The zero-order valence-electron chi connectivity index (χ0n) is 13.7. The normalized spacial score (nSPS) is 10.3.